The third kappa shape index (κ3) is 3.03. The summed E-state index contributed by atoms with van der Waals surface area (Å²) in [5, 5.41) is 26.3. The third-order valence-corrected chi connectivity index (χ3v) is 4.21. The Labute approximate surface area is 158 Å². The largest absolute Gasteiger partial charge is 0.497 e. The molecule has 2 heterocycles. The number of methoxy groups -OCH3 is 1. The number of nitro benzene ring substituents is 1. The fourth-order valence-electron chi connectivity index (χ4n) is 2.76. The summed E-state index contributed by atoms with van der Waals surface area (Å²) < 4.78 is 6.50. The lowest BCUT2D eigenvalue weighted by Crippen LogP contribution is -2.03. The van der Waals surface area contributed by atoms with Crippen molar-refractivity contribution in [2.24, 2.45) is 0 Å². The number of anilines is 1. The van der Waals surface area contributed by atoms with Gasteiger partial charge in [0.1, 0.15) is 5.75 Å². The zero-order chi connectivity index (χ0) is 19.7. The molecule has 0 aliphatic carbocycles. The predicted molar refractivity (Wildman–Crippen MR) is 102 cm³/mol. The van der Waals surface area contributed by atoms with Crippen LogP contribution in [0.4, 0.5) is 11.5 Å². The Kier molecular flexibility index (Phi) is 4.20. The summed E-state index contributed by atoms with van der Waals surface area (Å²) in [5.41, 5.74) is 9.16. The van der Waals surface area contributed by atoms with Crippen LogP contribution < -0.4 is 10.5 Å². The van der Waals surface area contributed by atoms with Crippen molar-refractivity contribution >= 4 is 11.5 Å². The number of rotatable bonds is 5. The molecule has 0 saturated heterocycles. The highest BCUT2D eigenvalue weighted by molar-refractivity contribution is 5.72. The van der Waals surface area contributed by atoms with E-state index in [0.29, 0.717) is 22.8 Å². The minimum atomic E-state index is -0.479. The lowest BCUT2D eigenvalue weighted by molar-refractivity contribution is -0.384. The summed E-state index contributed by atoms with van der Waals surface area (Å²) in [6.07, 6.45) is 0. The second-order valence-electron chi connectivity index (χ2n) is 5.91. The lowest BCUT2D eigenvalue weighted by atomic mass is 10.1. The first-order chi connectivity index (χ1) is 13.6. The molecule has 140 valence electrons. The van der Waals surface area contributed by atoms with Crippen LogP contribution in [0, 0.1) is 10.1 Å². The fraction of sp³-hybridized carbons (Fsp3) is 0.0556. The van der Waals surface area contributed by atoms with Gasteiger partial charge >= 0.3 is 0 Å². The Morgan fingerprint density at radius 1 is 1.18 bits per heavy atom. The summed E-state index contributed by atoms with van der Waals surface area (Å²) in [7, 11) is 1.61. The van der Waals surface area contributed by atoms with Crippen molar-refractivity contribution < 1.29 is 9.66 Å². The molecule has 2 aromatic heterocycles. The summed E-state index contributed by atoms with van der Waals surface area (Å²) >= 11 is 0. The highest BCUT2D eigenvalue weighted by Gasteiger charge is 2.17. The Morgan fingerprint density at radius 2 is 1.96 bits per heavy atom. The Balaban J connectivity index is 1.67. The number of aromatic nitrogens is 5. The standard InChI is InChI=1S/C18H15N7O3/c1-28-14-7-5-11(6-8-14)15-10-16(21-20-15)17-18(19)24(23-22-17)12-3-2-4-13(9-12)25(26)27/h2-10H,19H2,1H3,(H,20,21). The molecule has 0 saturated carbocycles. The van der Waals surface area contributed by atoms with E-state index in [2.05, 4.69) is 20.5 Å². The molecule has 4 rings (SSSR count). The van der Waals surface area contributed by atoms with Gasteiger partial charge in [-0.15, -0.1) is 5.10 Å². The van der Waals surface area contributed by atoms with E-state index < -0.39 is 4.92 Å². The Bertz CT molecular complexity index is 1150. The number of ether oxygens (including phenoxy) is 1. The second-order valence-corrected chi connectivity index (χ2v) is 5.91. The average Bonchev–Trinajstić information content (AvgIpc) is 3.35. The number of H-pyrrole nitrogens is 1. The maximum atomic E-state index is 11.0. The van der Waals surface area contributed by atoms with Gasteiger partial charge in [-0.05, 0) is 36.4 Å². The van der Waals surface area contributed by atoms with Gasteiger partial charge in [-0.3, -0.25) is 15.2 Å². The molecule has 3 N–H and O–H groups in total. The van der Waals surface area contributed by atoms with Gasteiger partial charge in [-0.2, -0.15) is 9.78 Å². The molecule has 10 heteroatoms. The molecule has 0 amide bonds. The van der Waals surface area contributed by atoms with Crippen LogP contribution in [-0.4, -0.2) is 37.2 Å². The molecule has 0 aliphatic rings. The normalized spacial score (nSPS) is 10.8. The lowest BCUT2D eigenvalue weighted by Gasteiger charge is -2.02. The number of nitrogens with one attached hydrogen (secondary N) is 1. The number of nitro groups is 1. The number of nitrogen functional groups attached to an aromatic ring is 1. The highest BCUT2D eigenvalue weighted by Crippen LogP contribution is 2.28. The molecule has 0 spiro atoms. The minimum absolute atomic E-state index is 0.0581. The van der Waals surface area contributed by atoms with E-state index in [9.17, 15) is 10.1 Å². The van der Waals surface area contributed by atoms with Crippen LogP contribution in [0.25, 0.3) is 28.3 Å². The van der Waals surface area contributed by atoms with E-state index in [1.807, 2.05) is 24.3 Å². The van der Waals surface area contributed by atoms with Crippen LogP contribution in [0.2, 0.25) is 0 Å². The van der Waals surface area contributed by atoms with Crippen molar-refractivity contribution in [1.29, 1.82) is 0 Å². The van der Waals surface area contributed by atoms with E-state index in [0.717, 1.165) is 11.3 Å². The zero-order valence-electron chi connectivity index (χ0n) is 14.7. The first-order valence-corrected chi connectivity index (χ1v) is 8.23. The van der Waals surface area contributed by atoms with Crippen molar-refractivity contribution in [2.75, 3.05) is 12.8 Å². The van der Waals surface area contributed by atoms with Crippen molar-refractivity contribution in [2.45, 2.75) is 0 Å². The Morgan fingerprint density at radius 3 is 2.68 bits per heavy atom. The molecule has 10 nitrogen and oxygen atoms in total. The monoisotopic (exact) mass is 377 g/mol. The molecule has 0 unspecified atom stereocenters. The summed E-state index contributed by atoms with van der Waals surface area (Å²) in [5.74, 6) is 0.995. The zero-order valence-corrected chi connectivity index (χ0v) is 14.7. The quantitative estimate of drug-likeness (QED) is 0.403. The first kappa shape index (κ1) is 17.2. The molecular formula is C18H15N7O3. The van der Waals surface area contributed by atoms with Gasteiger partial charge in [0, 0.05) is 17.7 Å². The van der Waals surface area contributed by atoms with E-state index >= 15 is 0 Å². The number of nitrogens with zero attached hydrogens (tertiary/aromatic N) is 5. The molecular weight excluding hydrogens is 362 g/mol. The van der Waals surface area contributed by atoms with Gasteiger partial charge in [0.25, 0.3) is 5.69 Å². The molecule has 0 fully saturated rings. The van der Waals surface area contributed by atoms with E-state index in [-0.39, 0.29) is 11.5 Å². The van der Waals surface area contributed by atoms with Gasteiger partial charge in [-0.25, -0.2) is 0 Å². The van der Waals surface area contributed by atoms with E-state index in [1.165, 1.54) is 16.8 Å². The number of hydrogen-bond donors (Lipinski definition) is 2. The van der Waals surface area contributed by atoms with Crippen molar-refractivity contribution in [1.82, 2.24) is 25.2 Å². The topological polar surface area (TPSA) is 138 Å². The molecule has 0 atom stereocenters. The SMILES string of the molecule is COc1ccc(-c2cc(-c3nnn(-c4cccc([N+](=O)[O-])c4)c3N)[nH]n2)cc1. The molecule has 0 aliphatic heterocycles. The Hall–Kier alpha value is -4.21. The molecule has 28 heavy (non-hydrogen) atoms. The second kappa shape index (κ2) is 6.83. The van der Waals surface area contributed by atoms with Gasteiger partial charge in [0.05, 0.1) is 29.1 Å². The summed E-state index contributed by atoms with van der Waals surface area (Å²) in [6, 6.07) is 15.3. The number of hydrogen-bond acceptors (Lipinski definition) is 7. The molecule has 0 radical (unpaired) electrons. The van der Waals surface area contributed by atoms with E-state index in [1.54, 1.807) is 25.3 Å². The van der Waals surface area contributed by atoms with Crippen LogP contribution in [0.3, 0.4) is 0 Å². The minimum Gasteiger partial charge on any atom is -0.497 e. The van der Waals surface area contributed by atoms with Crippen LogP contribution in [0.15, 0.2) is 54.6 Å². The number of benzene rings is 2. The molecule has 2 aromatic carbocycles. The highest BCUT2D eigenvalue weighted by atomic mass is 16.6. The third-order valence-electron chi connectivity index (χ3n) is 4.21. The van der Waals surface area contributed by atoms with Crippen molar-refractivity contribution in [3.8, 4) is 34.1 Å². The van der Waals surface area contributed by atoms with Gasteiger partial charge in [-0.1, -0.05) is 11.3 Å². The van der Waals surface area contributed by atoms with Crippen molar-refractivity contribution in [3.63, 3.8) is 0 Å². The van der Waals surface area contributed by atoms with Gasteiger partial charge < -0.3 is 10.5 Å². The average molecular weight is 377 g/mol. The molecule has 0 bridgehead atoms. The van der Waals surface area contributed by atoms with Crippen LogP contribution >= 0.6 is 0 Å². The molecule has 4 aromatic rings. The number of nitrogens with two attached hydrogens (primary N) is 1. The maximum Gasteiger partial charge on any atom is 0.271 e. The van der Waals surface area contributed by atoms with Crippen molar-refractivity contribution in [3.05, 3.63) is 64.7 Å². The van der Waals surface area contributed by atoms with Crippen LogP contribution in [0.1, 0.15) is 0 Å². The first-order valence-electron chi connectivity index (χ1n) is 8.23. The number of non-ortho nitro benzene ring substituents is 1. The summed E-state index contributed by atoms with van der Waals surface area (Å²) in [4.78, 5) is 10.5. The van der Waals surface area contributed by atoms with E-state index in [4.69, 9.17) is 10.5 Å². The van der Waals surface area contributed by atoms with Crippen LogP contribution in [-0.2, 0) is 0 Å². The fourth-order valence-corrected chi connectivity index (χ4v) is 2.76. The smallest absolute Gasteiger partial charge is 0.271 e. The summed E-state index contributed by atoms with van der Waals surface area (Å²) in [6.45, 7) is 0. The van der Waals surface area contributed by atoms with Crippen LogP contribution in [0.5, 0.6) is 5.75 Å². The predicted octanol–water partition coefficient (Wildman–Crippen LogP) is 2.82. The van der Waals surface area contributed by atoms with Gasteiger partial charge in [0.15, 0.2) is 11.5 Å². The maximum absolute atomic E-state index is 11.0. The van der Waals surface area contributed by atoms with Gasteiger partial charge in [0.2, 0.25) is 0 Å². The number of aromatic amines is 1.